The van der Waals surface area contributed by atoms with E-state index in [0.29, 0.717) is 12.0 Å². The predicted molar refractivity (Wildman–Crippen MR) is 63.2 cm³/mol. The Morgan fingerprint density at radius 1 is 1.35 bits per heavy atom. The van der Waals surface area contributed by atoms with Crippen molar-refractivity contribution in [1.29, 1.82) is 5.26 Å². The van der Waals surface area contributed by atoms with E-state index in [4.69, 9.17) is 10.00 Å². The molecule has 0 bridgehead atoms. The van der Waals surface area contributed by atoms with Gasteiger partial charge in [0.25, 0.3) is 0 Å². The van der Waals surface area contributed by atoms with Crippen LogP contribution in [0.5, 0.6) is 5.75 Å². The number of aryl methyl sites for hydroxylation is 1. The van der Waals surface area contributed by atoms with Gasteiger partial charge in [0.1, 0.15) is 17.4 Å². The van der Waals surface area contributed by atoms with E-state index < -0.39 is 23.6 Å². The topological polar surface area (TPSA) is 59.3 Å². The van der Waals surface area contributed by atoms with E-state index in [0.717, 1.165) is 6.07 Å². The van der Waals surface area contributed by atoms with Crippen LogP contribution < -0.4 is 4.74 Å². The number of benzene rings is 1. The molecule has 7 heteroatoms. The van der Waals surface area contributed by atoms with Gasteiger partial charge in [0.2, 0.25) is 0 Å². The summed E-state index contributed by atoms with van der Waals surface area (Å²) >= 11 is 0. The van der Waals surface area contributed by atoms with Crippen LogP contribution in [0, 0.1) is 11.3 Å². The van der Waals surface area contributed by atoms with E-state index >= 15 is 0 Å². The number of carbonyl (C=O) groups excluding carboxylic acids is 1. The number of alkyl halides is 3. The van der Waals surface area contributed by atoms with Crippen LogP contribution in [0.15, 0.2) is 12.1 Å². The first kappa shape index (κ1) is 15.8. The summed E-state index contributed by atoms with van der Waals surface area (Å²) in [7, 11) is 0. The normalized spacial score (nSPS) is 10.8. The van der Waals surface area contributed by atoms with Crippen molar-refractivity contribution in [3.63, 3.8) is 0 Å². The van der Waals surface area contributed by atoms with Gasteiger partial charge in [-0.15, -0.1) is 13.2 Å². The molecule has 0 aliphatic heterocycles. The molecule has 0 heterocycles. The summed E-state index contributed by atoms with van der Waals surface area (Å²) in [5.74, 6) is -1.55. The standard InChI is InChI=1S/C13H12F3NO3/c1-3-8-5-6-10(20-13(14,15)16)9(7-17)11(8)12(18)19-4-2/h5-6H,3-4H2,1-2H3. The van der Waals surface area contributed by atoms with E-state index in [2.05, 4.69) is 4.74 Å². The highest BCUT2D eigenvalue weighted by atomic mass is 19.4. The number of rotatable bonds is 4. The van der Waals surface area contributed by atoms with Gasteiger partial charge in [-0.2, -0.15) is 5.26 Å². The molecule has 4 nitrogen and oxygen atoms in total. The molecule has 0 saturated carbocycles. The quantitative estimate of drug-likeness (QED) is 0.798. The number of hydrogen-bond acceptors (Lipinski definition) is 4. The number of nitriles is 1. The van der Waals surface area contributed by atoms with E-state index in [1.54, 1.807) is 19.9 Å². The summed E-state index contributed by atoms with van der Waals surface area (Å²) in [6.07, 6.45) is -4.57. The number of esters is 1. The van der Waals surface area contributed by atoms with Crippen molar-refractivity contribution in [1.82, 2.24) is 0 Å². The van der Waals surface area contributed by atoms with Crippen LogP contribution in [0.3, 0.4) is 0 Å². The summed E-state index contributed by atoms with van der Waals surface area (Å²) in [5.41, 5.74) is -0.228. The second-order valence-corrected chi connectivity index (χ2v) is 3.71. The van der Waals surface area contributed by atoms with Gasteiger partial charge in [0.15, 0.2) is 0 Å². The lowest BCUT2D eigenvalue weighted by atomic mass is 9.99. The minimum absolute atomic E-state index is 0.0528. The maximum absolute atomic E-state index is 12.3. The molecular weight excluding hydrogens is 275 g/mol. The Morgan fingerprint density at radius 3 is 2.45 bits per heavy atom. The molecule has 0 fully saturated rings. The lowest BCUT2D eigenvalue weighted by Crippen LogP contribution is -2.19. The Morgan fingerprint density at radius 2 is 2.00 bits per heavy atom. The molecule has 0 N–H and O–H groups in total. The zero-order valence-corrected chi connectivity index (χ0v) is 10.9. The van der Waals surface area contributed by atoms with E-state index in [-0.39, 0.29) is 12.2 Å². The smallest absolute Gasteiger partial charge is 0.462 e. The average Bonchev–Trinajstić information content (AvgIpc) is 2.36. The molecule has 0 aromatic heterocycles. The SMILES string of the molecule is CCOC(=O)c1c(CC)ccc(OC(F)(F)F)c1C#N. The van der Waals surface area contributed by atoms with Crippen LogP contribution in [0.1, 0.15) is 35.3 Å². The first-order valence-electron chi connectivity index (χ1n) is 5.82. The van der Waals surface area contributed by atoms with Crippen molar-refractivity contribution < 1.29 is 27.4 Å². The first-order chi connectivity index (χ1) is 9.34. The third-order valence-electron chi connectivity index (χ3n) is 2.45. The fraction of sp³-hybridized carbons (Fsp3) is 0.385. The van der Waals surface area contributed by atoms with Crippen LogP contribution in [-0.2, 0) is 11.2 Å². The Kier molecular flexibility index (Phi) is 4.97. The number of ether oxygens (including phenoxy) is 2. The molecule has 0 atom stereocenters. The summed E-state index contributed by atoms with van der Waals surface area (Å²) in [5, 5.41) is 9.03. The number of hydrogen-bond donors (Lipinski definition) is 0. The zero-order valence-electron chi connectivity index (χ0n) is 10.9. The summed E-state index contributed by atoms with van der Waals surface area (Å²) in [6, 6.07) is 3.91. The van der Waals surface area contributed by atoms with Gasteiger partial charge in [0, 0.05) is 0 Å². The van der Waals surface area contributed by atoms with Crippen molar-refractivity contribution in [2.24, 2.45) is 0 Å². The molecule has 0 radical (unpaired) electrons. The van der Waals surface area contributed by atoms with Crippen molar-refractivity contribution >= 4 is 5.97 Å². The predicted octanol–water partition coefficient (Wildman–Crippen LogP) is 3.20. The monoisotopic (exact) mass is 287 g/mol. The van der Waals surface area contributed by atoms with Crippen LogP contribution >= 0.6 is 0 Å². The second kappa shape index (κ2) is 6.28. The number of carbonyl (C=O) groups is 1. The second-order valence-electron chi connectivity index (χ2n) is 3.71. The highest BCUT2D eigenvalue weighted by molar-refractivity contribution is 5.95. The molecule has 20 heavy (non-hydrogen) atoms. The minimum atomic E-state index is -4.94. The first-order valence-corrected chi connectivity index (χ1v) is 5.82. The molecule has 0 saturated heterocycles. The summed E-state index contributed by atoms with van der Waals surface area (Å²) in [6.45, 7) is 3.33. The molecule has 108 valence electrons. The van der Waals surface area contributed by atoms with Crippen molar-refractivity contribution in [3.8, 4) is 11.8 Å². The van der Waals surface area contributed by atoms with Crippen molar-refractivity contribution in [2.75, 3.05) is 6.61 Å². The fourth-order valence-electron chi connectivity index (χ4n) is 1.68. The van der Waals surface area contributed by atoms with Crippen molar-refractivity contribution in [2.45, 2.75) is 26.6 Å². The molecule has 0 aliphatic rings. The molecule has 0 amide bonds. The van der Waals surface area contributed by atoms with Gasteiger partial charge < -0.3 is 9.47 Å². The maximum Gasteiger partial charge on any atom is 0.573 e. The van der Waals surface area contributed by atoms with Gasteiger partial charge in [-0.3, -0.25) is 0 Å². The van der Waals surface area contributed by atoms with Gasteiger partial charge >= 0.3 is 12.3 Å². The van der Waals surface area contributed by atoms with Gasteiger partial charge in [-0.1, -0.05) is 13.0 Å². The highest BCUT2D eigenvalue weighted by Crippen LogP contribution is 2.30. The largest absolute Gasteiger partial charge is 0.573 e. The number of nitrogens with zero attached hydrogens (tertiary/aromatic N) is 1. The Labute approximate surface area is 113 Å². The van der Waals surface area contributed by atoms with E-state index in [1.807, 2.05) is 0 Å². The molecule has 1 aromatic carbocycles. The Bertz CT molecular complexity index is 547. The molecular formula is C13H12F3NO3. The Hall–Kier alpha value is -2.23. The third-order valence-corrected chi connectivity index (χ3v) is 2.45. The van der Waals surface area contributed by atoms with Gasteiger partial charge in [-0.05, 0) is 25.0 Å². The summed E-state index contributed by atoms with van der Waals surface area (Å²) in [4.78, 5) is 11.8. The zero-order chi connectivity index (χ0) is 15.3. The molecule has 1 aromatic rings. The molecule has 0 aliphatic carbocycles. The Balaban J connectivity index is 3.41. The lowest BCUT2D eigenvalue weighted by molar-refractivity contribution is -0.274. The minimum Gasteiger partial charge on any atom is -0.462 e. The summed E-state index contributed by atoms with van der Waals surface area (Å²) < 4.78 is 45.4. The average molecular weight is 287 g/mol. The van der Waals surface area contributed by atoms with Crippen LogP contribution in [0.2, 0.25) is 0 Å². The van der Waals surface area contributed by atoms with Crippen LogP contribution in [0.25, 0.3) is 0 Å². The number of halogens is 3. The van der Waals surface area contributed by atoms with E-state index in [1.165, 1.54) is 6.07 Å². The van der Waals surface area contributed by atoms with Crippen molar-refractivity contribution in [3.05, 3.63) is 28.8 Å². The van der Waals surface area contributed by atoms with Crippen LogP contribution in [-0.4, -0.2) is 18.9 Å². The van der Waals surface area contributed by atoms with E-state index in [9.17, 15) is 18.0 Å². The van der Waals surface area contributed by atoms with Gasteiger partial charge in [0.05, 0.1) is 12.2 Å². The van der Waals surface area contributed by atoms with Gasteiger partial charge in [-0.25, -0.2) is 4.79 Å². The third kappa shape index (κ3) is 3.63. The molecule has 1 rings (SSSR count). The highest BCUT2D eigenvalue weighted by Gasteiger charge is 2.33. The molecule has 0 spiro atoms. The lowest BCUT2D eigenvalue weighted by Gasteiger charge is -2.14. The maximum atomic E-state index is 12.3. The van der Waals surface area contributed by atoms with Crippen LogP contribution in [0.4, 0.5) is 13.2 Å². The molecule has 0 unspecified atom stereocenters. The fourth-order valence-corrected chi connectivity index (χ4v) is 1.68.